The summed E-state index contributed by atoms with van der Waals surface area (Å²) in [6.07, 6.45) is -4.17. The molecule has 0 radical (unpaired) electrons. The van der Waals surface area contributed by atoms with Gasteiger partial charge in [0.25, 0.3) is 5.56 Å². The highest BCUT2D eigenvalue weighted by Crippen LogP contribution is 2.31. The molecule has 0 fully saturated rings. The third-order valence-electron chi connectivity index (χ3n) is 5.79. The lowest BCUT2D eigenvalue weighted by molar-refractivity contribution is -0.137. The fourth-order valence-corrected chi connectivity index (χ4v) is 3.94. The van der Waals surface area contributed by atoms with E-state index in [0.717, 1.165) is 21.3 Å². The summed E-state index contributed by atoms with van der Waals surface area (Å²) in [6.45, 7) is 10.1. The first kappa shape index (κ1) is 24.7. The molecular weight excluding hydrogens is 475 g/mol. The van der Waals surface area contributed by atoms with E-state index in [0.29, 0.717) is 17.1 Å². The molecule has 8 nitrogen and oxygen atoms in total. The monoisotopic (exact) mass is 495 g/mol. The van der Waals surface area contributed by atoms with Crippen LogP contribution in [0, 0.1) is 13.5 Å². The minimum absolute atomic E-state index is 0.0573. The zero-order chi connectivity index (χ0) is 26.2. The SMILES string of the molecule is [C-]#[N+]c1ccc(-n2nccc2-c2c(C)n(-c3cccc(C(F)(F)F)c3)c(=O)n([C@H](C)OC)c2=O)cc1. The molecule has 0 saturated carbocycles. The molecule has 11 heteroatoms. The molecule has 2 aromatic carbocycles. The normalized spacial score (nSPS) is 12.4. The van der Waals surface area contributed by atoms with E-state index >= 15 is 0 Å². The van der Waals surface area contributed by atoms with Crippen molar-refractivity contribution in [2.45, 2.75) is 26.3 Å². The maximum atomic E-state index is 13.6. The number of rotatable bonds is 5. The van der Waals surface area contributed by atoms with Crippen LogP contribution in [0.15, 0.2) is 70.4 Å². The predicted molar refractivity (Wildman–Crippen MR) is 127 cm³/mol. The van der Waals surface area contributed by atoms with Crippen molar-refractivity contribution in [2.24, 2.45) is 0 Å². The van der Waals surface area contributed by atoms with Crippen LogP contribution < -0.4 is 11.2 Å². The number of hydrogen-bond donors (Lipinski definition) is 0. The Labute approximate surface area is 203 Å². The Morgan fingerprint density at radius 2 is 1.75 bits per heavy atom. The van der Waals surface area contributed by atoms with Gasteiger partial charge in [0.2, 0.25) is 0 Å². The Balaban J connectivity index is 2.05. The van der Waals surface area contributed by atoms with Gasteiger partial charge in [0, 0.05) is 12.8 Å². The third-order valence-corrected chi connectivity index (χ3v) is 5.79. The molecule has 0 aliphatic heterocycles. The first-order chi connectivity index (χ1) is 17.1. The van der Waals surface area contributed by atoms with Gasteiger partial charge < -0.3 is 4.74 Å². The summed E-state index contributed by atoms with van der Waals surface area (Å²) in [5.74, 6) is 0. The average molecular weight is 495 g/mol. The standard InChI is InChI=1S/C25H20F3N5O3/c1-15-22(21-12-13-30-33(21)19-10-8-18(29-3)9-11-19)23(34)32(16(2)36-4)24(35)31(15)20-7-5-6-17(14-20)25(26,27)28/h5-14,16H,1-2,4H3/t16-/m0/s1. The Morgan fingerprint density at radius 3 is 2.36 bits per heavy atom. The van der Waals surface area contributed by atoms with Gasteiger partial charge in [0.15, 0.2) is 5.69 Å². The average Bonchev–Trinajstić information content (AvgIpc) is 3.33. The molecule has 4 rings (SSSR count). The van der Waals surface area contributed by atoms with E-state index in [2.05, 4.69) is 9.94 Å². The summed E-state index contributed by atoms with van der Waals surface area (Å²) in [4.78, 5) is 30.4. The smallest absolute Gasteiger partial charge is 0.361 e. The van der Waals surface area contributed by atoms with Gasteiger partial charge in [0.05, 0.1) is 41.0 Å². The molecule has 0 unspecified atom stereocenters. The van der Waals surface area contributed by atoms with Gasteiger partial charge >= 0.3 is 11.9 Å². The zero-order valence-corrected chi connectivity index (χ0v) is 19.4. The number of nitrogens with zero attached hydrogens (tertiary/aromatic N) is 5. The number of hydrogen-bond acceptors (Lipinski definition) is 4. The maximum Gasteiger partial charge on any atom is 0.416 e. The van der Waals surface area contributed by atoms with Crippen molar-refractivity contribution in [3.8, 4) is 22.6 Å². The molecule has 0 bridgehead atoms. The molecule has 2 aromatic heterocycles. The number of methoxy groups -OCH3 is 1. The van der Waals surface area contributed by atoms with Crippen LogP contribution in [0.2, 0.25) is 0 Å². The van der Waals surface area contributed by atoms with Gasteiger partial charge in [-0.15, -0.1) is 0 Å². The van der Waals surface area contributed by atoms with Crippen LogP contribution >= 0.6 is 0 Å². The van der Waals surface area contributed by atoms with Crippen molar-refractivity contribution < 1.29 is 17.9 Å². The Kier molecular flexibility index (Phi) is 6.39. The first-order valence-electron chi connectivity index (χ1n) is 10.7. The molecule has 0 aliphatic carbocycles. The van der Waals surface area contributed by atoms with Crippen molar-refractivity contribution in [3.05, 3.63) is 104 Å². The Bertz CT molecular complexity index is 1590. The molecule has 1 atom stereocenters. The van der Waals surface area contributed by atoms with Crippen LogP contribution in [0.4, 0.5) is 18.9 Å². The highest BCUT2D eigenvalue weighted by Gasteiger charge is 2.31. The molecule has 36 heavy (non-hydrogen) atoms. The summed E-state index contributed by atoms with van der Waals surface area (Å²) in [5.41, 5.74) is -1.07. The fraction of sp³-hybridized carbons (Fsp3) is 0.200. The van der Waals surface area contributed by atoms with E-state index in [9.17, 15) is 22.8 Å². The van der Waals surface area contributed by atoms with Crippen LogP contribution in [0.3, 0.4) is 0 Å². The maximum absolute atomic E-state index is 13.6. The summed E-state index contributed by atoms with van der Waals surface area (Å²) >= 11 is 0. The highest BCUT2D eigenvalue weighted by atomic mass is 19.4. The van der Waals surface area contributed by atoms with Crippen molar-refractivity contribution in [2.75, 3.05) is 7.11 Å². The quantitative estimate of drug-likeness (QED) is 0.370. The molecule has 0 spiro atoms. The molecule has 0 N–H and O–H groups in total. The third kappa shape index (κ3) is 4.23. The summed E-state index contributed by atoms with van der Waals surface area (Å²) in [7, 11) is 1.31. The predicted octanol–water partition coefficient (Wildman–Crippen LogP) is 4.89. The minimum Gasteiger partial charge on any atom is -0.361 e. The Hall–Kier alpha value is -4.43. The lowest BCUT2D eigenvalue weighted by Gasteiger charge is -2.21. The molecule has 0 amide bonds. The number of ether oxygens (including phenoxy) is 1. The van der Waals surface area contributed by atoms with Crippen molar-refractivity contribution >= 4 is 5.69 Å². The lowest BCUT2D eigenvalue weighted by atomic mass is 10.1. The van der Waals surface area contributed by atoms with E-state index in [1.54, 1.807) is 30.3 Å². The van der Waals surface area contributed by atoms with Crippen LogP contribution in [-0.4, -0.2) is 26.0 Å². The molecule has 184 valence electrons. The van der Waals surface area contributed by atoms with Crippen molar-refractivity contribution in [1.82, 2.24) is 18.9 Å². The van der Waals surface area contributed by atoms with Gasteiger partial charge in [0.1, 0.15) is 6.23 Å². The van der Waals surface area contributed by atoms with Gasteiger partial charge in [-0.05, 0) is 50.2 Å². The minimum atomic E-state index is -4.62. The molecule has 4 aromatic rings. The van der Waals surface area contributed by atoms with Crippen LogP contribution in [-0.2, 0) is 10.9 Å². The largest absolute Gasteiger partial charge is 0.416 e. The van der Waals surface area contributed by atoms with Gasteiger partial charge in [-0.2, -0.15) is 18.3 Å². The van der Waals surface area contributed by atoms with Gasteiger partial charge in [-0.3, -0.25) is 9.36 Å². The molecule has 0 saturated heterocycles. The molecule has 2 heterocycles. The second kappa shape index (κ2) is 9.31. The van der Waals surface area contributed by atoms with E-state index in [-0.39, 0.29) is 16.9 Å². The van der Waals surface area contributed by atoms with Crippen LogP contribution in [0.1, 0.15) is 24.4 Å². The van der Waals surface area contributed by atoms with E-state index in [4.69, 9.17) is 11.3 Å². The number of benzene rings is 2. The fourth-order valence-electron chi connectivity index (χ4n) is 3.94. The van der Waals surface area contributed by atoms with E-state index in [1.807, 2.05) is 0 Å². The first-order valence-corrected chi connectivity index (χ1v) is 10.7. The molecular formula is C25H20F3N5O3. The van der Waals surface area contributed by atoms with Crippen LogP contribution in [0.25, 0.3) is 27.5 Å². The summed E-state index contributed by atoms with van der Waals surface area (Å²) < 4.78 is 48.8. The Morgan fingerprint density at radius 1 is 1.06 bits per heavy atom. The number of aromatic nitrogens is 4. The molecule has 0 aliphatic rings. The summed E-state index contributed by atoms with van der Waals surface area (Å²) in [5, 5.41) is 4.29. The topological polar surface area (TPSA) is 75.4 Å². The van der Waals surface area contributed by atoms with Crippen molar-refractivity contribution in [3.63, 3.8) is 0 Å². The van der Waals surface area contributed by atoms with E-state index < -0.39 is 29.2 Å². The number of halogens is 3. The van der Waals surface area contributed by atoms with Crippen molar-refractivity contribution in [1.29, 1.82) is 0 Å². The number of alkyl halides is 3. The van der Waals surface area contributed by atoms with E-state index in [1.165, 1.54) is 44.0 Å². The lowest BCUT2D eigenvalue weighted by Crippen LogP contribution is -2.43. The second-order valence-corrected chi connectivity index (χ2v) is 7.89. The second-order valence-electron chi connectivity index (χ2n) is 7.89. The van der Waals surface area contributed by atoms with Crippen LogP contribution in [0.5, 0.6) is 0 Å². The summed E-state index contributed by atoms with van der Waals surface area (Å²) in [6, 6.07) is 12.4. The van der Waals surface area contributed by atoms with Gasteiger partial charge in [-0.1, -0.05) is 18.2 Å². The highest BCUT2D eigenvalue weighted by molar-refractivity contribution is 5.65. The zero-order valence-electron chi connectivity index (χ0n) is 19.4. The van der Waals surface area contributed by atoms with Gasteiger partial charge in [-0.25, -0.2) is 18.9 Å².